The molecule has 1 aliphatic carbocycles. The molecule has 1 aromatic rings. The Labute approximate surface area is 107 Å². The topological polar surface area (TPSA) is 75.4 Å². The zero-order chi connectivity index (χ0) is 13.0. The van der Waals surface area contributed by atoms with E-state index in [2.05, 4.69) is 5.32 Å². The van der Waals surface area contributed by atoms with Gasteiger partial charge >= 0.3 is 0 Å². The van der Waals surface area contributed by atoms with Crippen LogP contribution in [0.5, 0.6) is 0 Å². The molecule has 0 aromatic heterocycles. The molecule has 1 aromatic carbocycles. The molecule has 4 heteroatoms. The number of aliphatic hydroxyl groups is 1. The fourth-order valence-electron chi connectivity index (χ4n) is 2.19. The minimum absolute atomic E-state index is 0.0767. The van der Waals surface area contributed by atoms with Gasteiger partial charge in [0.05, 0.1) is 6.10 Å². The summed E-state index contributed by atoms with van der Waals surface area (Å²) in [7, 11) is 0. The third-order valence-electron chi connectivity index (χ3n) is 3.54. The van der Waals surface area contributed by atoms with Crippen molar-refractivity contribution in [3.8, 4) is 0 Å². The van der Waals surface area contributed by atoms with Gasteiger partial charge in [0.2, 0.25) is 5.91 Å². The van der Waals surface area contributed by atoms with E-state index < -0.39 is 6.10 Å². The number of nitrogens with one attached hydrogen (secondary N) is 1. The summed E-state index contributed by atoms with van der Waals surface area (Å²) in [5.74, 6) is -0.0767. The summed E-state index contributed by atoms with van der Waals surface area (Å²) in [5, 5.41) is 12.6. The van der Waals surface area contributed by atoms with Gasteiger partial charge in [-0.05, 0) is 24.8 Å². The highest BCUT2D eigenvalue weighted by Crippen LogP contribution is 2.31. The van der Waals surface area contributed by atoms with E-state index >= 15 is 0 Å². The molecule has 4 N–H and O–H groups in total. The van der Waals surface area contributed by atoms with Crippen LogP contribution < -0.4 is 11.1 Å². The van der Waals surface area contributed by atoms with Gasteiger partial charge in [0.1, 0.15) is 0 Å². The van der Waals surface area contributed by atoms with Gasteiger partial charge in [-0.2, -0.15) is 0 Å². The Kier molecular flexibility index (Phi) is 3.99. The van der Waals surface area contributed by atoms with Gasteiger partial charge in [0.15, 0.2) is 0 Å². The third-order valence-corrected chi connectivity index (χ3v) is 3.54. The Morgan fingerprint density at radius 3 is 2.61 bits per heavy atom. The molecule has 0 radical (unpaired) electrons. The average Bonchev–Trinajstić information content (AvgIpc) is 2.35. The molecule has 1 aliphatic rings. The Balaban J connectivity index is 1.76. The summed E-state index contributed by atoms with van der Waals surface area (Å²) in [6, 6.07) is 9.30. The van der Waals surface area contributed by atoms with Gasteiger partial charge in [-0.3, -0.25) is 4.79 Å². The number of aliphatic hydroxyl groups excluding tert-OH is 1. The number of benzene rings is 1. The van der Waals surface area contributed by atoms with Crippen molar-refractivity contribution in [2.45, 2.75) is 37.3 Å². The molecule has 1 saturated carbocycles. The maximum atomic E-state index is 11.7. The van der Waals surface area contributed by atoms with Crippen LogP contribution in [0.3, 0.4) is 0 Å². The van der Waals surface area contributed by atoms with Crippen molar-refractivity contribution >= 4 is 5.91 Å². The highest BCUT2D eigenvalue weighted by atomic mass is 16.3. The van der Waals surface area contributed by atoms with Crippen LogP contribution in [0.1, 0.15) is 37.4 Å². The van der Waals surface area contributed by atoms with Gasteiger partial charge in [-0.15, -0.1) is 0 Å². The standard InChI is InChI=1S/C14H20N2O2/c15-14(7-4-8-14)9-13(18)16-10-12(17)11-5-2-1-3-6-11/h1-3,5-6,12,17H,4,7-10,15H2,(H,16,18). The summed E-state index contributed by atoms with van der Waals surface area (Å²) in [6.45, 7) is 0.235. The molecule has 0 saturated heterocycles. The molecule has 1 unspecified atom stereocenters. The van der Waals surface area contributed by atoms with Crippen LogP contribution >= 0.6 is 0 Å². The molecule has 18 heavy (non-hydrogen) atoms. The van der Waals surface area contributed by atoms with Crippen LogP contribution in [0.15, 0.2) is 30.3 Å². The second kappa shape index (κ2) is 5.50. The molecule has 0 heterocycles. The molecular weight excluding hydrogens is 228 g/mol. The summed E-state index contributed by atoms with van der Waals surface area (Å²) >= 11 is 0. The van der Waals surface area contributed by atoms with Crippen molar-refractivity contribution in [2.75, 3.05) is 6.54 Å². The molecule has 1 amide bonds. The van der Waals surface area contributed by atoms with Crippen molar-refractivity contribution in [1.82, 2.24) is 5.32 Å². The molecule has 0 bridgehead atoms. The highest BCUT2D eigenvalue weighted by molar-refractivity contribution is 5.77. The van der Waals surface area contributed by atoms with Crippen molar-refractivity contribution in [3.05, 3.63) is 35.9 Å². The maximum Gasteiger partial charge on any atom is 0.221 e. The van der Waals surface area contributed by atoms with Gasteiger partial charge in [-0.25, -0.2) is 0 Å². The number of carbonyl (C=O) groups excluding carboxylic acids is 1. The first-order chi connectivity index (χ1) is 8.59. The molecular formula is C14H20N2O2. The summed E-state index contributed by atoms with van der Waals surface area (Å²) in [6.07, 6.45) is 2.64. The monoisotopic (exact) mass is 248 g/mol. The van der Waals surface area contributed by atoms with Crippen LogP contribution in [0.4, 0.5) is 0 Å². The van der Waals surface area contributed by atoms with Crippen LogP contribution in [0, 0.1) is 0 Å². The molecule has 4 nitrogen and oxygen atoms in total. The lowest BCUT2D eigenvalue weighted by molar-refractivity contribution is -0.123. The summed E-state index contributed by atoms with van der Waals surface area (Å²) < 4.78 is 0. The fraction of sp³-hybridized carbons (Fsp3) is 0.500. The lowest BCUT2D eigenvalue weighted by atomic mass is 9.75. The van der Waals surface area contributed by atoms with E-state index in [1.165, 1.54) is 0 Å². The molecule has 0 spiro atoms. The smallest absolute Gasteiger partial charge is 0.221 e. The zero-order valence-corrected chi connectivity index (χ0v) is 10.4. The van der Waals surface area contributed by atoms with Gasteiger partial charge in [-0.1, -0.05) is 30.3 Å². The number of hydrogen-bond acceptors (Lipinski definition) is 3. The van der Waals surface area contributed by atoms with E-state index in [0.29, 0.717) is 6.42 Å². The number of nitrogens with two attached hydrogens (primary N) is 1. The van der Waals surface area contributed by atoms with E-state index in [4.69, 9.17) is 5.73 Å². The van der Waals surface area contributed by atoms with Crippen molar-refractivity contribution in [3.63, 3.8) is 0 Å². The Hall–Kier alpha value is -1.39. The highest BCUT2D eigenvalue weighted by Gasteiger charge is 2.34. The molecule has 98 valence electrons. The lowest BCUT2D eigenvalue weighted by Crippen LogP contribution is -2.50. The largest absolute Gasteiger partial charge is 0.387 e. The van der Waals surface area contributed by atoms with Gasteiger partial charge < -0.3 is 16.2 Å². The predicted octanol–water partition coefficient (Wildman–Crippen LogP) is 1.11. The van der Waals surface area contributed by atoms with Crippen LogP contribution in [0.25, 0.3) is 0 Å². The number of hydrogen-bond donors (Lipinski definition) is 3. The Morgan fingerprint density at radius 1 is 1.39 bits per heavy atom. The van der Waals surface area contributed by atoms with E-state index in [0.717, 1.165) is 24.8 Å². The molecule has 2 rings (SSSR count). The second-order valence-electron chi connectivity index (χ2n) is 5.12. The average molecular weight is 248 g/mol. The fourth-order valence-corrected chi connectivity index (χ4v) is 2.19. The minimum atomic E-state index is -0.662. The summed E-state index contributed by atoms with van der Waals surface area (Å²) in [5.41, 5.74) is 6.50. The van der Waals surface area contributed by atoms with Crippen LogP contribution in [-0.2, 0) is 4.79 Å². The number of amides is 1. The Morgan fingerprint density at radius 2 is 2.06 bits per heavy atom. The first-order valence-corrected chi connectivity index (χ1v) is 6.38. The summed E-state index contributed by atoms with van der Waals surface area (Å²) in [4.78, 5) is 11.7. The SMILES string of the molecule is NC1(CC(=O)NCC(O)c2ccccc2)CCC1. The number of rotatable bonds is 5. The first kappa shape index (κ1) is 13.1. The van der Waals surface area contributed by atoms with Gasteiger partial charge in [0, 0.05) is 18.5 Å². The molecule has 1 fully saturated rings. The number of carbonyl (C=O) groups is 1. The normalized spacial score (nSPS) is 18.8. The van der Waals surface area contributed by atoms with Crippen LogP contribution in [0.2, 0.25) is 0 Å². The third kappa shape index (κ3) is 3.31. The molecule has 0 aliphatic heterocycles. The lowest BCUT2D eigenvalue weighted by Gasteiger charge is -2.37. The first-order valence-electron chi connectivity index (χ1n) is 6.38. The van der Waals surface area contributed by atoms with E-state index in [9.17, 15) is 9.90 Å². The quantitative estimate of drug-likeness (QED) is 0.730. The zero-order valence-electron chi connectivity index (χ0n) is 10.4. The Bertz CT molecular complexity index is 402. The van der Waals surface area contributed by atoms with E-state index in [-0.39, 0.29) is 18.0 Å². The van der Waals surface area contributed by atoms with Crippen molar-refractivity contribution in [1.29, 1.82) is 0 Å². The van der Waals surface area contributed by atoms with Crippen molar-refractivity contribution < 1.29 is 9.90 Å². The van der Waals surface area contributed by atoms with E-state index in [1.54, 1.807) is 0 Å². The predicted molar refractivity (Wildman–Crippen MR) is 69.8 cm³/mol. The van der Waals surface area contributed by atoms with Crippen LogP contribution in [-0.4, -0.2) is 23.1 Å². The second-order valence-corrected chi connectivity index (χ2v) is 5.12. The van der Waals surface area contributed by atoms with Crippen molar-refractivity contribution in [2.24, 2.45) is 5.73 Å². The van der Waals surface area contributed by atoms with Gasteiger partial charge in [0.25, 0.3) is 0 Å². The minimum Gasteiger partial charge on any atom is -0.387 e. The molecule has 1 atom stereocenters. The maximum absolute atomic E-state index is 11.7. The van der Waals surface area contributed by atoms with E-state index in [1.807, 2.05) is 30.3 Å².